The summed E-state index contributed by atoms with van der Waals surface area (Å²) < 4.78 is 11.6. The Bertz CT molecular complexity index is 1130. The van der Waals surface area contributed by atoms with Crippen LogP contribution in [0, 0.1) is 13.8 Å². The smallest absolute Gasteiger partial charge is 0.250 e. The van der Waals surface area contributed by atoms with Crippen LogP contribution in [0.5, 0.6) is 5.75 Å². The number of rotatable bonds is 7. The molecule has 30 heavy (non-hydrogen) atoms. The predicted octanol–water partition coefficient (Wildman–Crippen LogP) is 4.24. The Balaban J connectivity index is 1.86. The van der Waals surface area contributed by atoms with Gasteiger partial charge in [-0.05, 0) is 44.9 Å². The highest BCUT2D eigenvalue weighted by Crippen LogP contribution is 2.37. The number of fused-ring (bicyclic) bond motifs is 1. The molecule has 0 atom stereocenters. The third-order valence-corrected chi connectivity index (χ3v) is 5.51. The summed E-state index contributed by atoms with van der Waals surface area (Å²) in [6.45, 7) is 8.24. The van der Waals surface area contributed by atoms with Gasteiger partial charge in [-0.15, -0.1) is 11.3 Å². The number of thiazole rings is 1. The number of furan rings is 1. The highest BCUT2D eigenvalue weighted by molar-refractivity contribution is 7.14. The minimum Gasteiger partial charge on any atom is -0.493 e. The van der Waals surface area contributed by atoms with Crippen molar-refractivity contribution in [1.29, 1.82) is 0 Å². The van der Waals surface area contributed by atoms with Gasteiger partial charge in [0, 0.05) is 35.0 Å². The highest BCUT2D eigenvalue weighted by atomic mass is 32.1. The monoisotopic (exact) mass is 427 g/mol. The Morgan fingerprint density at radius 3 is 2.80 bits per heavy atom. The van der Waals surface area contributed by atoms with E-state index < -0.39 is 0 Å². The van der Waals surface area contributed by atoms with Gasteiger partial charge in [0.25, 0.3) is 0 Å². The van der Waals surface area contributed by atoms with Crippen molar-refractivity contribution in [3.05, 3.63) is 46.2 Å². The molecule has 0 radical (unpaired) electrons. The van der Waals surface area contributed by atoms with E-state index in [4.69, 9.17) is 9.15 Å². The maximum Gasteiger partial charge on any atom is 0.250 e. The van der Waals surface area contributed by atoms with Crippen LogP contribution < -0.4 is 15.4 Å². The molecule has 158 valence electrons. The van der Waals surface area contributed by atoms with Crippen molar-refractivity contribution in [1.82, 2.24) is 10.3 Å². The molecule has 0 bridgehead atoms. The number of aromatic nitrogens is 1. The Labute approximate surface area is 179 Å². The van der Waals surface area contributed by atoms with Gasteiger partial charge in [0.15, 0.2) is 5.13 Å². The minimum absolute atomic E-state index is 0.127. The van der Waals surface area contributed by atoms with Gasteiger partial charge in [-0.1, -0.05) is 0 Å². The number of amides is 2. The average Bonchev–Trinajstić information content (AvgIpc) is 3.30. The molecule has 2 heterocycles. The summed E-state index contributed by atoms with van der Waals surface area (Å²) in [6, 6.07) is 2.00. The fourth-order valence-electron chi connectivity index (χ4n) is 3.18. The number of aryl methyl sites for hydroxylation is 2. The van der Waals surface area contributed by atoms with Crippen LogP contribution in [0.3, 0.4) is 0 Å². The molecule has 2 N–H and O–H groups in total. The van der Waals surface area contributed by atoms with Gasteiger partial charge in [0.05, 0.1) is 25.0 Å². The maximum atomic E-state index is 12.6. The second-order valence-electron chi connectivity index (χ2n) is 6.92. The normalized spacial score (nSPS) is 11.6. The zero-order valence-corrected chi connectivity index (χ0v) is 18.5. The standard InChI is InChI=1S/C22H25N3O4S/c1-6-28-20-14(4)21-17(13(3)10-29-21)9-16(20)12(2)7-19(27)25-22-24-15(11-30-22)8-18(26)23-5/h7,9-11H,6,8H2,1-5H3,(H,23,26)(H,24,25,27)/b12-7+. The van der Waals surface area contributed by atoms with Crippen molar-refractivity contribution >= 4 is 44.8 Å². The second-order valence-corrected chi connectivity index (χ2v) is 7.78. The molecule has 0 saturated heterocycles. The van der Waals surface area contributed by atoms with Crippen molar-refractivity contribution in [3.63, 3.8) is 0 Å². The number of ether oxygens (including phenoxy) is 1. The molecule has 3 aromatic rings. The molecule has 0 aliphatic rings. The van der Waals surface area contributed by atoms with E-state index in [1.54, 1.807) is 18.7 Å². The molecular weight excluding hydrogens is 402 g/mol. The fourth-order valence-corrected chi connectivity index (χ4v) is 3.89. The van der Waals surface area contributed by atoms with Crippen LogP contribution in [0.1, 0.15) is 36.2 Å². The number of hydrogen-bond donors (Lipinski definition) is 2. The Morgan fingerprint density at radius 2 is 2.10 bits per heavy atom. The van der Waals surface area contributed by atoms with Gasteiger partial charge in [-0.3, -0.25) is 14.9 Å². The van der Waals surface area contributed by atoms with Crippen molar-refractivity contribution in [3.8, 4) is 5.75 Å². The number of carbonyl (C=O) groups is 2. The van der Waals surface area contributed by atoms with Crippen LogP contribution in [0.4, 0.5) is 5.13 Å². The van der Waals surface area contributed by atoms with Gasteiger partial charge in [-0.2, -0.15) is 0 Å². The first-order valence-electron chi connectivity index (χ1n) is 9.62. The molecule has 3 rings (SSSR count). The summed E-state index contributed by atoms with van der Waals surface area (Å²) in [5.74, 6) is 0.290. The van der Waals surface area contributed by atoms with E-state index in [0.29, 0.717) is 23.2 Å². The molecule has 0 unspecified atom stereocenters. The van der Waals surface area contributed by atoms with E-state index in [0.717, 1.165) is 33.2 Å². The van der Waals surface area contributed by atoms with Gasteiger partial charge in [0.1, 0.15) is 11.3 Å². The van der Waals surface area contributed by atoms with E-state index in [9.17, 15) is 9.59 Å². The van der Waals surface area contributed by atoms with Crippen LogP contribution >= 0.6 is 11.3 Å². The summed E-state index contributed by atoms with van der Waals surface area (Å²) in [5.41, 5.74) is 4.96. The molecule has 1 aromatic carbocycles. The van der Waals surface area contributed by atoms with Crippen LogP contribution in [0.25, 0.3) is 16.5 Å². The number of carbonyl (C=O) groups excluding carboxylic acids is 2. The molecule has 0 saturated carbocycles. The summed E-state index contributed by atoms with van der Waals surface area (Å²) in [4.78, 5) is 28.3. The summed E-state index contributed by atoms with van der Waals surface area (Å²) >= 11 is 1.28. The molecule has 0 spiro atoms. The molecule has 2 aromatic heterocycles. The molecule has 0 aliphatic heterocycles. The first-order valence-corrected chi connectivity index (χ1v) is 10.5. The third kappa shape index (κ3) is 4.54. The molecule has 0 aliphatic carbocycles. The van der Waals surface area contributed by atoms with Gasteiger partial charge in [0.2, 0.25) is 11.8 Å². The largest absolute Gasteiger partial charge is 0.493 e. The number of hydrogen-bond acceptors (Lipinski definition) is 6. The van der Waals surface area contributed by atoms with Gasteiger partial charge >= 0.3 is 0 Å². The van der Waals surface area contributed by atoms with E-state index >= 15 is 0 Å². The van der Waals surface area contributed by atoms with E-state index in [-0.39, 0.29) is 18.2 Å². The lowest BCUT2D eigenvalue weighted by molar-refractivity contribution is -0.120. The van der Waals surface area contributed by atoms with E-state index in [1.807, 2.05) is 33.8 Å². The third-order valence-electron chi connectivity index (χ3n) is 4.70. The lowest BCUT2D eigenvalue weighted by Gasteiger charge is -2.14. The summed E-state index contributed by atoms with van der Waals surface area (Å²) in [6.07, 6.45) is 3.43. The number of likely N-dealkylation sites (N-methyl/N-ethyl adjacent to an activating group) is 1. The topological polar surface area (TPSA) is 93.5 Å². The molecule has 0 fully saturated rings. The van der Waals surface area contributed by atoms with Crippen LogP contribution in [-0.4, -0.2) is 30.5 Å². The Morgan fingerprint density at radius 1 is 1.33 bits per heavy atom. The van der Waals surface area contributed by atoms with Gasteiger partial charge in [-0.25, -0.2) is 4.98 Å². The zero-order chi connectivity index (χ0) is 21.8. The quantitative estimate of drug-likeness (QED) is 0.550. The van der Waals surface area contributed by atoms with Crippen molar-refractivity contribution < 1.29 is 18.7 Å². The molecule has 8 heteroatoms. The number of allylic oxidation sites excluding steroid dienone is 1. The lowest BCUT2D eigenvalue weighted by atomic mass is 9.98. The van der Waals surface area contributed by atoms with E-state index in [2.05, 4.69) is 15.6 Å². The molecular formula is C22H25N3O4S. The number of nitrogens with one attached hydrogen (secondary N) is 2. The number of nitrogens with zero attached hydrogens (tertiary/aromatic N) is 1. The minimum atomic E-state index is -0.294. The zero-order valence-electron chi connectivity index (χ0n) is 17.7. The van der Waals surface area contributed by atoms with Crippen LogP contribution in [-0.2, 0) is 16.0 Å². The van der Waals surface area contributed by atoms with E-state index in [1.165, 1.54) is 17.4 Å². The van der Waals surface area contributed by atoms with Crippen LogP contribution in [0.2, 0.25) is 0 Å². The fraction of sp³-hybridized carbons (Fsp3) is 0.318. The Kier molecular flexibility index (Phi) is 6.56. The number of anilines is 1. The maximum absolute atomic E-state index is 12.6. The number of benzene rings is 1. The van der Waals surface area contributed by atoms with Gasteiger partial charge < -0.3 is 14.5 Å². The summed E-state index contributed by atoms with van der Waals surface area (Å²) in [7, 11) is 1.57. The summed E-state index contributed by atoms with van der Waals surface area (Å²) in [5, 5.41) is 8.52. The Hall–Kier alpha value is -3.13. The van der Waals surface area contributed by atoms with Crippen LogP contribution in [0.15, 0.2) is 28.2 Å². The molecule has 2 amide bonds. The van der Waals surface area contributed by atoms with Crippen molar-refractivity contribution in [2.24, 2.45) is 0 Å². The van der Waals surface area contributed by atoms with Crippen molar-refractivity contribution in [2.45, 2.75) is 34.1 Å². The first-order chi connectivity index (χ1) is 14.3. The SMILES string of the molecule is CCOc1c(/C(C)=C/C(=O)Nc2nc(CC(=O)NC)cs2)cc2c(C)coc2c1C. The second kappa shape index (κ2) is 9.13. The van der Waals surface area contributed by atoms with Crippen molar-refractivity contribution in [2.75, 3.05) is 19.0 Å². The molecule has 7 nitrogen and oxygen atoms in total. The lowest BCUT2D eigenvalue weighted by Crippen LogP contribution is -2.20. The predicted molar refractivity (Wildman–Crippen MR) is 119 cm³/mol. The highest BCUT2D eigenvalue weighted by Gasteiger charge is 2.17. The average molecular weight is 428 g/mol. The first kappa shape index (κ1) is 21.6.